The van der Waals surface area contributed by atoms with E-state index in [-0.39, 0.29) is 13.2 Å². The molecule has 0 aliphatic carbocycles. The van der Waals surface area contributed by atoms with E-state index in [1.165, 1.54) is 19.4 Å². The number of furan rings is 1. The molecule has 2 rings (SSSR count). The summed E-state index contributed by atoms with van der Waals surface area (Å²) in [5.41, 5.74) is 1.52. The van der Waals surface area contributed by atoms with E-state index < -0.39 is 17.8 Å². The summed E-state index contributed by atoms with van der Waals surface area (Å²) < 4.78 is 14.5. The summed E-state index contributed by atoms with van der Waals surface area (Å²) in [7, 11) is 1.31. The van der Waals surface area contributed by atoms with Gasteiger partial charge < -0.3 is 19.2 Å². The van der Waals surface area contributed by atoms with E-state index >= 15 is 0 Å². The number of hydrogen-bond donors (Lipinski definition) is 1. The molecule has 126 valence electrons. The summed E-state index contributed by atoms with van der Waals surface area (Å²) in [6.45, 7) is 1.50. The Hall–Kier alpha value is -3.09. The maximum atomic E-state index is 11.7. The van der Waals surface area contributed by atoms with Gasteiger partial charge in [0.1, 0.15) is 11.3 Å². The molecule has 24 heavy (non-hydrogen) atoms. The number of methoxy groups -OCH3 is 1. The molecule has 1 aromatic heterocycles. The molecule has 2 aromatic rings. The number of hydrogen-bond acceptors (Lipinski definition) is 6. The van der Waals surface area contributed by atoms with Crippen molar-refractivity contribution in [3.05, 3.63) is 59.0 Å². The monoisotopic (exact) mass is 331 g/mol. The largest absolute Gasteiger partial charge is 0.469 e. The zero-order valence-electron chi connectivity index (χ0n) is 13.3. The minimum atomic E-state index is -0.612. The van der Waals surface area contributed by atoms with Gasteiger partial charge >= 0.3 is 11.9 Å². The van der Waals surface area contributed by atoms with Crippen molar-refractivity contribution >= 4 is 17.8 Å². The van der Waals surface area contributed by atoms with E-state index in [4.69, 9.17) is 9.15 Å². The molecule has 1 heterocycles. The predicted octanol–water partition coefficient (Wildman–Crippen LogP) is 1.85. The zero-order chi connectivity index (χ0) is 17.5. The number of amides is 1. The fraction of sp³-hybridized carbons (Fsp3) is 0.235. The quantitative estimate of drug-likeness (QED) is 0.812. The number of carbonyl (C=O) groups is 3. The number of benzene rings is 1. The number of ether oxygens (including phenoxy) is 2. The van der Waals surface area contributed by atoms with Crippen LogP contribution < -0.4 is 5.32 Å². The molecule has 0 saturated heterocycles. The summed E-state index contributed by atoms with van der Waals surface area (Å²) >= 11 is 0. The molecule has 0 spiro atoms. The lowest BCUT2D eigenvalue weighted by molar-refractivity contribution is -0.124. The number of esters is 2. The average Bonchev–Trinajstić information content (AvgIpc) is 3.03. The fourth-order valence-electron chi connectivity index (χ4n) is 1.93. The van der Waals surface area contributed by atoms with Crippen LogP contribution in [0.25, 0.3) is 0 Å². The van der Waals surface area contributed by atoms with E-state index in [0.717, 1.165) is 5.56 Å². The van der Waals surface area contributed by atoms with Gasteiger partial charge in [-0.1, -0.05) is 12.1 Å². The summed E-state index contributed by atoms with van der Waals surface area (Å²) in [6.07, 6.45) is 1.38. The summed E-state index contributed by atoms with van der Waals surface area (Å²) in [6, 6.07) is 8.10. The van der Waals surface area contributed by atoms with Crippen LogP contribution in [-0.4, -0.2) is 31.6 Å². The molecule has 1 N–H and O–H groups in total. The Morgan fingerprint density at radius 1 is 1.08 bits per heavy atom. The highest BCUT2D eigenvalue weighted by atomic mass is 16.5. The molecular formula is C17H17NO6. The molecule has 7 heteroatoms. The Morgan fingerprint density at radius 2 is 1.79 bits per heavy atom. The van der Waals surface area contributed by atoms with Crippen molar-refractivity contribution in [2.75, 3.05) is 13.7 Å². The molecule has 1 aromatic carbocycles. The first-order chi connectivity index (χ1) is 11.5. The lowest BCUT2D eigenvalue weighted by atomic mass is 10.1. The molecule has 0 atom stereocenters. The average molecular weight is 331 g/mol. The van der Waals surface area contributed by atoms with E-state index in [2.05, 4.69) is 10.1 Å². The van der Waals surface area contributed by atoms with E-state index in [0.29, 0.717) is 16.9 Å². The molecule has 1 amide bonds. The van der Waals surface area contributed by atoms with Gasteiger partial charge in [0, 0.05) is 6.54 Å². The second-order valence-corrected chi connectivity index (χ2v) is 4.93. The minimum Gasteiger partial charge on any atom is -0.469 e. The third-order valence-electron chi connectivity index (χ3n) is 3.28. The summed E-state index contributed by atoms with van der Waals surface area (Å²) in [5, 5.41) is 2.62. The highest BCUT2D eigenvalue weighted by Crippen LogP contribution is 2.10. The van der Waals surface area contributed by atoms with Crippen LogP contribution in [0.15, 0.2) is 41.0 Å². The van der Waals surface area contributed by atoms with Crippen molar-refractivity contribution < 1.29 is 28.3 Å². The predicted molar refractivity (Wildman–Crippen MR) is 83.4 cm³/mol. The number of carbonyl (C=O) groups excluding carboxylic acids is 3. The van der Waals surface area contributed by atoms with Crippen LogP contribution in [0.5, 0.6) is 0 Å². The van der Waals surface area contributed by atoms with Gasteiger partial charge in [-0.05, 0) is 30.7 Å². The van der Waals surface area contributed by atoms with E-state index in [1.54, 1.807) is 31.2 Å². The van der Waals surface area contributed by atoms with E-state index in [1.807, 2.05) is 0 Å². The van der Waals surface area contributed by atoms with Crippen molar-refractivity contribution in [2.45, 2.75) is 13.5 Å². The van der Waals surface area contributed by atoms with Crippen molar-refractivity contribution in [1.29, 1.82) is 0 Å². The van der Waals surface area contributed by atoms with Gasteiger partial charge in [-0.2, -0.15) is 0 Å². The standard InChI is InChI=1S/C17H17NO6/c1-11-14(7-8-23-11)17(21)24-10-15(19)18-9-12-3-5-13(6-4-12)16(20)22-2/h3-8H,9-10H2,1-2H3,(H,18,19). The lowest BCUT2D eigenvalue weighted by Crippen LogP contribution is -2.28. The first-order valence-electron chi connectivity index (χ1n) is 7.16. The van der Waals surface area contributed by atoms with Crippen molar-refractivity contribution in [2.24, 2.45) is 0 Å². The highest BCUT2D eigenvalue weighted by Gasteiger charge is 2.14. The van der Waals surface area contributed by atoms with Crippen molar-refractivity contribution in [1.82, 2.24) is 5.32 Å². The van der Waals surface area contributed by atoms with Gasteiger partial charge in [-0.25, -0.2) is 9.59 Å². The van der Waals surface area contributed by atoms with Gasteiger partial charge in [-0.3, -0.25) is 4.79 Å². The minimum absolute atomic E-state index is 0.253. The molecule has 0 aliphatic heterocycles. The maximum absolute atomic E-state index is 11.7. The number of nitrogens with one attached hydrogen (secondary N) is 1. The van der Waals surface area contributed by atoms with E-state index in [9.17, 15) is 14.4 Å². The van der Waals surface area contributed by atoms with Crippen LogP contribution in [0, 0.1) is 6.92 Å². The van der Waals surface area contributed by atoms with Gasteiger partial charge in [0.25, 0.3) is 5.91 Å². The lowest BCUT2D eigenvalue weighted by Gasteiger charge is -2.07. The molecule has 0 aliphatic rings. The second-order valence-electron chi connectivity index (χ2n) is 4.93. The van der Waals surface area contributed by atoms with Gasteiger partial charge in [0.05, 0.1) is 18.9 Å². The van der Waals surface area contributed by atoms with Crippen LogP contribution in [0.1, 0.15) is 32.0 Å². The van der Waals surface area contributed by atoms with Crippen molar-refractivity contribution in [3.8, 4) is 0 Å². The summed E-state index contributed by atoms with van der Waals surface area (Å²) in [4.78, 5) is 34.8. The Morgan fingerprint density at radius 3 is 2.38 bits per heavy atom. The fourth-order valence-corrected chi connectivity index (χ4v) is 1.93. The SMILES string of the molecule is COC(=O)c1ccc(CNC(=O)COC(=O)c2ccoc2C)cc1. The first-order valence-corrected chi connectivity index (χ1v) is 7.16. The van der Waals surface area contributed by atoms with Gasteiger partial charge in [0.15, 0.2) is 6.61 Å². The highest BCUT2D eigenvalue weighted by molar-refractivity contribution is 5.92. The maximum Gasteiger partial charge on any atom is 0.342 e. The molecule has 0 bridgehead atoms. The number of rotatable bonds is 6. The Labute approximate surface area is 138 Å². The third kappa shape index (κ3) is 4.45. The molecule has 0 fully saturated rings. The molecule has 0 unspecified atom stereocenters. The second kappa shape index (κ2) is 7.96. The normalized spacial score (nSPS) is 10.1. The first kappa shape index (κ1) is 17.3. The molecule has 0 radical (unpaired) electrons. The van der Waals surface area contributed by atoms with Crippen LogP contribution in [-0.2, 0) is 20.8 Å². The zero-order valence-corrected chi connectivity index (χ0v) is 13.3. The molecule has 7 nitrogen and oxygen atoms in total. The van der Waals surface area contributed by atoms with Crippen LogP contribution in [0.4, 0.5) is 0 Å². The van der Waals surface area contributed by atoms with Gasteiger partial charge in [0.2, 0.25) is 0 Å². The van der Waals surface area contributed by atoms with Crippen LogP contribution >= 0.6 is 0 Å². The van der Waals surface area contributed by atoms with Crippen molar-refractivity contribution in [3.63, 3.8) is 0 Å². The Balaban J connectivity index is 1.78. The Bertz CT molecular complexity index is 732. The molecular weight excluding hydrogens is 314 g/mol. The summed E-state index contributed by atoms with van der Waals surface area (Å²) in [5.74, 6) is -1.03. The smallest absolute Gasteiger partial charge is 0.342 e. The van der Waals surface area contributed by atoms with Crippen LogP contribution in [0.3, 0.4) is 0 Å². The van der Waals surface area contributed by atoms with Crippen LogP contribution in [0.2, 0.25) is 0 Å². The number of aryl methyl sites for hydroxylation is 1. The topological polar surface area (TPSA) is 94.8 Å². The molecule has 0 saturated carbocycles. The third-order valence-corrected chi connectivity index (χ3v) is 3.28. The Kier molecular flexibility index (Phi) is 5.73. The van der Waals surface area contributed by atoms with Gasteiger partial charge in [-0.15, -0.1) is 0 Å².